The molecule has 0 amide bonds. The predicted octanol–water partition coefficient (Wildman–Crippen LogP) is 4.06. The number of ether oxygens (including phenoxy) is 2. The van der Waals surface area contributed by atoms with Crippen LogP contribution in [-0.4, -0.2) is 23.9 Å². The summed E-state index contributed by atoms with van der Waals surface area (Å²) in [5.41, 5.74) is 2.29. The molecule has 2 aromatic carbocycles. The number of carboxylic acid groups (broad SMARTS) is 1. The first-order valence-electron chi connectivity index (χ1n) is 6.37. The van der Waals surface area contributed by atoms with Crippen LogP contribution in [0, 0.1) is 0 Å². The van der Waals surface area contributed by atoms with E-state index < -0.39 is 5.97 Å². The van der Waals surface area contributed by atoms with E-state index in [-0.39, 0.29) is 18.0 Å². The van der Waals surface area contributed by atoms with E-state index in [0.717, 1.165) is 11.3 Å². The summed E-state index contributed by atoms with van der Waals surface area (Å²) in [5.74, 6) is 0.852. The van der Waals surface area contributed by atoms with Gasteiger partial charge in [0.05, 0.1) is 12.7 Å². The van der Waals surface area contributed by atoms with E-state index >= 15 is 0 Å². The number of benzene rings is 2. The van der Waals surface area contributed by atoms with Gasteiger partial charge >= 0.3 is 5.97 Å². The van der Waals surface area contributed by atoms with Crippen LogP contribution in [0.2, 0.25) is 0 Å². The normalized spacial score (nSPS) is 11.8. The number of rotatable bonds is 2. The molecule has 0 saturated heterocycles. The maximum Gasteiger partial charge on any atom is 0.335 e. The Kier molecular flexibility index (Phi) is 4.37. The number of hydrogen-bond acceptors (Lipinski definition) is 4. The first-order chi connectivity index (χ1) is 10.1. The van der Waals surface area contributed by atoms with Crippen LogP contribution < -0.4 is 9.47 Å². The molecule has 1 N–H and O–H groups in total. The van der Waals surface area contributed by atoms with E-state index in [4.69, 9.17) is 14.6 Å². The summed E-state index contributed by atoms with van der Waals surface area (Å²) in [7, 11) is 1.59. The summed E-state index contributed by atoms with van der Waals surface area (Å²) in [4.78, 5) is 15.5. The SMILES string of the molecule is COc1ccc2c(c1)Oc1ccc(C(=O)O)cc1N=C2C.Cl. The fourth-order valence-corrected chi connectivity index (χ4v) is 2.20. The van der Waals surface area contributed by atoms with E-state index in [2.05, 4.69) is 4.99 Å². The molecule has 0 saturated carbocycles. The third kappa shape index (κ3) is 2.76. The van der Waals surface area contributed by atoms with Crippen LogP contribution in [0.4, 0.5) is 5.69 Å². The first-order valence-corrected chi connectivity index (χ1v) is 6.37. The van der Waals surface area contributed by atoms with Gasteiger partial charge < -0.3 is 14.6 Å². The smallest absolute Gasteiger partial charge is 0.335 e. The van der Waals surface area contributed by atoms with Crippen molar-refractivity contribution in [1.82, 2.24) is 0 Å². The number of aliphatic imine (C=N–C) groups is 1. The first kappa shape index (κ1) is 15.9. The second-order valence-corrected chi connectivity index (χ2v) is 4.65. The standard InChI is InChI=1S/C16H13NO4.ClH/c1-9-12-5-4-11(20-2)8-15(12)21-14-6-3-10(16(18)19)7-13(14)17-9;/h3-8H,1-2H3,(H,18,19);1H. The number of hydrogen-bond donors (Lipinski definition) is 1. The molecule has 0 atom stereocenters. The van der Waals surface area contributed by atoms with Gasteiger partial charge in [0.15, 0.2) is 5.75 Å². The molecule has 0 unspecified atom stereocenters. The van der Waals surface area contributed by atoms with E-state index in [1.165, 1.54) is 12.1 Å². The second kappa shape index (κ2) is 6.07. The highest BCUT2D eigenvalue weighted by Crippen LogP contribution is 2.39. The molecule has 114 valence electrons. The van der Waals surface area contributed by atoms with Crippen LogP contribution in [0.1, 0.15) is 22.8 Å². The topological polar surface area (TPSA) is 68.1 Å². The minimum Gasteiger partial charge on any atom is -0.497 e. The average molecular weight is 320 g/mol. The molecule has 3 rings (SSSR count). The Bertz CT molecular complexity index is 771. The molecule has 2 aromatic rings. The van der Waals surface area contributed by atoms with Crippen molar-refractivity contribution in [2.75, 3.05) is 7.11 Å². The van der Waals surface area contributed by atoms with Gasteiger partial charge in [0, 0.05) is 17.3 Å². The Balaban J connectivity index is 0.00000176. The van der Waals surface area contributed by atoms with Crippen LogP contribution in [0.5, 0.6) is 17.2 Å². The summed E-state index contributed by atoms with van der Waals surface area (Å²) < 4.78 is 11.1. The van der Waals surface area contributed by atoms with Crippen LogP contribution in [0.25, 0.3) is 0 Å². The molecule has 0 fully saturated rings. The molecule has 6 heteroatoms. The van der Waals surface area contributed by atoms with Crippen LogP contribution in [-0.2, 0) is 0 Å². The third-order valence-electron chi connectivity index (χ3n) is 3.29. The highest BCUT2D eigenvalue weighted by atomic mass is 35.5. The number of halogens is 1. The zero-order chi connectivity index (χ0) is 15.0. The zero-order valence-corrected chi connectivity index (χ0v) is 12.8. The van der Waals surface area contributed by atoms with Crippen molar-refractivity contribution in [2.24, 2.45) is 4.99 Å². The quantitative estimate of drug-likeness (QED) is 0.906. The third-order valence-corrected chi connectivity index (χ3v) is 3.29. The lowest BCUT2D eigenvalue weighted by atomic mass is 10.1. The molecule has 5 nitrogen and oxygen atoms in total. The largest absolute Gasteiger partial charge is 0.497 e. The van der Waals surface area contributed by atoms with Gasteiger partial charge in [-0.2, -0.15) is 0 Å². The molecule has 0 spiro atoms. The van der Waals surface area contributed by atoms with E-state index in [0.29, 0.717) is 22.9 Å². The molecular formula is C16H14ClNO4. The lowest BCUT2D eigenvalue weighted by Crippen LogP contribution is -1.96. The van der Waals surface area contributed by atoms with Gasteiger partial charge in [0.2, 0.25) is 0 Å². The average Bonchev–Trinajstić information content (AvgIpc) is 2.61. The molecule has 1 heterocycles. The monoisotopic (exact) mass is 319 g/mol. The molecule has 0 aliphatic carbocycles. The van der Waals surface area contributed by atoms with Crippen LogP contribution in [0.15, 0.2) is 41.4 Å². The summed E-state index contributed by atoms with van der Waals surface area (Å²) >= 11 is 0. The lowest BCUT2D eigenvalue weighted by molar-refractivity contribution is 0.0697. The second-order valence-electron chi connectivity index (χ2n) is 4.65. The van der Waals surface area contributed by atoms with Crippen molar-refractivity contribution >= 4 is 29.8 Å². The number of nitrogens with zero attached hydrogens (tertiary/aromatic N) is 1. The van der Waals surface area contributed by atoms with Crippen molar-refractivity contribution in [3.8, 4) is 17.2 Å². The predicted molar refractivity (Wildman–Crippen MR) is 85.6 cm³/mol. The minimum atomic E-state index is -0.992. The molecule has 0 radical (unpaired) electrons. The summed E-state index contributed by atoms with van der Waals surface area (Å²) in [6.07, 6.45) is 0. The van der Waals surface area contributed by atoms with E-state index in [9.17, 15) is 4.79 Å². The van der Waals surface area contributed by atoms with Crippen molar-refractivity contribution in [3.63, 3.8) is 0 Å². The summed E-state index contributed by atoms with van der Waals surface area (Å²) in [6, 6.07) is 10.1. The number of carboxylic acids is 1. The minimum absolute atomic E-state index is 0. The Labute approximate surface area is 133 Å². The number of aromatic carboxylic acids is 1. The van der Waals surface area contributed by atoms with E-state index in [1.807, 2.05) is 19.1 Å². The van der Waals surface area contributed by atoms with Crippen molar-refractivity contribution in [3.05, 3.63) is 47.5 Å². The van der Waals surface area contributed by atoms with Gasteiger partial charge in [0.1, 0.15) is 17.2 Å². The van der Waals surface area contributed by atoms with Gasteiger partial charge in [-0.15, -0.1) is 12.4 Å². The highest BCUT2D eigenvalue weighted by molar-refractivity contribution is 6.04. The van der Waals surface area contributed by atoms with E-state index in [1.54, 1.807) is 19.2 Å². The fourth-order valence-electron chi connectivity index (χ4n) is 2.20. The molecule has 0 bridgehead atoms. The summed E-state index contributed by atoms with van der Waals surface area (Å²) in [5, 5.41) is 9.06. The van der Waals surface area contributed by atoms with Gasteiger partial charge in [-0.25, -0.2) is 9.79 Å². The fraction of sp³-hybridized carbons (Fsp3) is 0.125. The molecule has 0 aromatic heterocycles. The number of carbonyl (C=O) groups is 1. The Morgan fingerprint density at radius 3 is 2.64 bits per heavy atom. The van der Waals surface area contributed by atoms with Crippen LogP contribution in [0.3, 0.4) is 0 Å². The van der Waals surface area contributed by atoms with Crippen molar-refractivity contribution < 1.29 is 19.4 Å². The number of methoxy groups -OCH3 is 1. The maximum atomic E-state index is 11.1. The van der Waals surface area contributed by atoms with Crippen LogP contribution >= 0.6 is 12.4 Å². The van der Waals surface area contributed by atoms with Gasteiger partial charge in [0.25, 0.3) is 0 Å². The van der Waals surface area contributed by atoms with Crippen molar-refractivity contribution in [1.29, 1.82) is 0 Å². The molecule has 22 heavy (non-hydrogen) atoms. The van der Waals surface area contributed by atoms with Gasteiger partial charge in [-0.1, -0.05) is 0 Å². The molecule has 1 aliphatic rings. The molecule has 1 aliphatic heterocycles. The Hall–Kier alpha value is -2.53. The summed E-state index contributed by atoms with van der Waals surface area (Å²) in [6.45, 7) is 1.86. The maximum absolute atomic E-state index is 11.1. The Morgan fingerprint density at radius 2 is 1.95 bits per heavy atom. The number of fused-ring (bicyclic) bond motifs is 2. The Morgan fingerprint density at radius 1 is 1.18 bits per heavy atom. The zero-order valence-electron chi connectivity index (χ0n) is 12.0. The molecular weight excluding hydrogens is 306 g/mol. The lowest BCUT2D eigenvalue weighted by Gasteiger charge is -2.10. The van der Waals surface area contributed by atoms with Gasteiger partial charge in [-0.05, 0) is 37.3 Å². The van der Waals surface area contributed by atoms with Crippen molar-refractivity contribution in [2.45, 2.75) is 6.92 Å². The highest BCUT2D eigenvalue weighted by Gasteiger charge is 2.18. The van der Waals surface area contributed by atoms with Gasteiger partial charge in [-0.3, -0.25) is 0 Å².